The molecule has 150 valence electrons. The zero-order valence-electron chi connectivity index (χ0n) is 16.8. The predicted molar refractivity (Wildman–Crippen MR) is 106 cm³/mol. The third kappa shape index (κ3) is 4.22. The summed E-state index contributed by atoms with van der Waals surface area (Å²) in [6, 6.07) is 8.43. The molecule has 3 heterocycles. The molecule has 0 bridgehead atoms. The lowest BCUT2D eigenvalue weighted by Crippen LogP contribution is -2.46. The van der Waals surface area contributed by atoms with E-state index in [4.69, 9.17) is 9.26 Å². The maximum atomic E-state index is 12.8. The Morgan fingerprint density at radius 1 is 1.14 bits per heavy atom. The van der Waals surface area contributed by atoms with Crippen LogP contribution in [0, 0.1) is 13.8 Å². The van der Waals surface area contributed by atoms with Gasteiger partial charge in [0.2, 0.25) is 0 Å². The van der Waals surface area contributed by atoms with E-state index < -0.39 is 0 Å². The number of benzene rings is 1. The minimum Gasteiger partial charge on any atom is -0.485 e. The third-order valence-corrected chi connectivity index (χ3v) is 5.90. The first-order valence-electron chi connectivity index (χ1n) is 10.3. The summed E-state index contributed by atoms with van der Waals surface area (Å²) in [4.78, 5) is 17.2. The highest BCUT2D eigenvalue weighted by molar-refractivity contribution is 5.92. The number of piperidine rings is 1. The van der Waals surface area contributed by atoms with Crippen LogP contribution in [-0.2, 0) is 6.61 Å². The number of amides is 1. The molecule has 0 radical (unpaired) electrons. The Labute approximate surface area is 166 Å². The van der Waals surface area contributed by atoms with Gasteiger partial charge in [-0.2, -0.15) is 0 Å². The summed E-state index contributed by atoms with van der Waals surface area (Å²) in [5.74, 6) is 1.35. The van der Waals surface area contributed by atoms with E-state index in [0.29, 0.717) is 17.5 Å². The number of aryl methyl sites for hydroxylation is 2. The maximum absolute atomic E-state index is 12.8. The molecule has 2 aliphatic rings. The Morgan fingerprint density at radius 2 is 1.89 bits per heavy atom. The van der Waals surface area contributed by atoms with Gasteiger partial charge in [0, 0.05) is 25.2 Å². The van der Waals surface area contributed by atoms with Crippen LogP contribution in [0.4, 0.5) is 0 Å². The van der Waals surface area contributed by atoms with Crippen molar-refractivity contribution in [2.24, 2.45) is 0 Å². The van der Waals surface area contributed by atoms with Crippen LogP contribution in [0.2, 0.25) is 0 Å². The van der Waals surface area contributed by atoms with Gasteiger partial charge in [-0.25, -0.2) is 0 Å². The monoisotopic (exact) mass is 383 g/mol. The van der Waals surface area contributed by atoms with E-state index in [2.05, 4.69) is 16.1 Å². The molecule has 0 spiro atoms. The number of nitrogens with zero attached hydrogens (tertiary/aromatic N) is 3. The largest absolute Gasteiger partial charge is 0.485 e. The zero-order chi connectivity index (χ0) is 19.5. The standard InChI is InChI=1S/C22H29N3O3/c1-16-5-6-17(2)21(13-16)27-15-19-14-20(23-28-19)22(26)25-11-7-18(8-12-25)24-9-3-4-10-24/h5-6,13-14,18H,3-4,7-12,15H2,1-2H3. The average molecular weight is 383 g/mol. The Bertz CT molecular complexity index is 818. The normalized spacial score (nSPS) is 18.6. The van der Waals surface area contributed by atoms with E-state index in [1.807, 2.05) is 30.9 Å². The number of likely N-dealkylation sites (tertiary alicyclic amines) is 2. The molecule has 2 aliphatic heterocycles. The van der Waals surface area contributed by atoms with Crippen LogP contribution in [0.15, 0.2) is 28.8 Å². The number of hydrogen-bond donors (Lipinski definition) is 0. The second-order valence-corrected chi connectivity index (χ2v) is 8.00. The molecule has 28 heavy (non-hydrogen) atoms. The fourth-order valence-corrected chi connectivity index (χ4v) is 4.20. The first-order valence-corrected chi connectivity index (χ1v) is 10.3. The number of carbonyl (C=O) groups excluding carboxylic acids is 1. The van der Waals surface area contributed by atoms with Gasteiger partial charge in [-0.05, 0) is 69.8 Å². The summed E-state index contributed by atoms with van der Waals surface area (Å²) in [6.45, 7) is 8.32. The van der Waals surface area contributed by atoms with Crippen LogP contribution in [-0.4, -0.2) is 53.1 Å². The molecule has 0 atom stereocenters. The van der Waals surface area contributed by atoms with Crippen molar-refractivity contribution < 1.29 is 14.1 Å². The molecule has 2 fully saturated rings. The number of rotatable bonds is 5. The number of hydrogen-bond acceptors (Lipinski definition) is 5. The first kappa shape index (κ1) is 19.0. The van der Waals surface area contributed by atoms with Crippen molar-refractivity contribution in [1.82, 2.24) is 15.0 Å². The van der Waals surface area contributed by atoms with E-state index in [9.17, 15) is 4.79 Å². The van der Waals surface area contributed by atoms with Gasteiger partial charge < -0.3 is 19.1 Å². The summed E-state index contributed by atoms with van der Waals surface area (Å²) < 4.78 is 11.2. The highest BCUT2D eigenvalue weighted by Gasteiger charge is 2.29. The molecule has 1 aromatic heterocycles. The molecule has 0 unspecified atom stereocenters. The lowest BCUT2D eigenvalue weighted by Gasteiger charge is -2.36. The Hall–Kier alpha value is -2.34. The molecule has 0 N–H and O–H groups in total. The fraction of sp³-hybridized carbons (Fsp3) is 0.545. The van der Waals surface area contributed by atoms with Crippen LogP contribution in [0.1, 0.15) is 53.1 Å². The van der Waals surface area contributed by atoms with Crippen LogP contribution >= 0.6 is 0 Å². The summed E-state index contributed by atoms with van der Waals surface area (Å²) in [7, 11) is 0. The van der Waals surface area contributed by atoms with E-state index >= 15 is 0 Å². The molecule has 4 rings (SSSR count). The second-order valence-electron chi connectivity index (χ2n) is 8.00. The summed E-state index contributed by atoms with van der Waals surface area (Å²) in [6.07, 6.45) is 4.72. The second kappa shape index (κ2) is 8.35. The minimum atomic E-state index is -0.0402. The van der Waals surface area contributed by atoms with Crippen LogP contribution in [0.25, 0.3) is 0 Å². The van der Waals surface area contributed by atoms with Crippen molar-refractivity contribution >= 4 is 5.91 Å². The van der Waals surface area contributed by atoms with Gasteiger partial charge in [-0.3, -0.25) is 4.79 Å². The van der Waals surface area contributed by atoms with Crippen LogP contribution in [0.3, 0.4) is 0 Å². The number of ether oxygens (including phenoxy) is 1. The Morgan fingerprint density at radius 3 is 2.64 bits per heavy atom. The van der Waals surface area contributed by atoms with Gasteiger partial charge >= 0.3 is 0 Å². The zero-order valence-corrected chi connectivity index (χ0v) is 16.8. The molecule has 2 aromatic rings. The first-order chi connectivity index (χ1) is 13.6. The van der Waals surface area contributed by atoms with Gasteiger partial charge in [0.25, 0.3) is 5.91 Å². The van der Waals surface area contributed by atoms with E-state index in [-0.39, 0.29) is 12.5 Å². The summed E-state index contributed by atoms with van der Waals surface area (Å²) in [5, 5.41) is 3.98. The molecule has 1 amide bonds. The lowest BCUT2D eigenvalue weighted by atomic mass is 10.0. The van der Waals surface area contributed by atoms with Crippen molar-refractivity contribution in [3.63, 3.8) is 0 Å². The SMILES string of the molecule is Cc1ccc(C)c(OCc2cc(C(=O)N3CCC(N4CCCC4)CC3)no2)c1. The van der Waals surface area contributed by atoms with Gasteiger partial charge in [0.1, 0.15) is 12.4 Å². The molecule has 0 aliphatic carbocycles. The Kier molecular flexibility index (Phi) is 5.67. The Balaban J connectivity index is 1.31. The van der Waals surface area contributed by atoms with Crippen molar-refractivity contribution in [3.8, 4) is 5.75 Å². The number of carbonyl (C=O) groups is 1. The quantitative estimate of drug-likeness (QED) is 0.790. The molecule has 6 nitrogen and oxygen atoms in total. The molecule has 0 saturated carbocycles. The van der Waals surface area contributed by atoms with Crippen molar-refractivity contribution in [2.75, 3.05) is 26.2 Å². The fourth-order valence-electron chi connectivity index (χ4n) is 4.20. The summed E-state index contributed by atoms with van der Waals surface area (Å²) in [5.41, 5.74) is 2.59. The van der Waals surface area contributed by atoms with Gasteiger partial charge in [0.15, 0.2) is 11.5 Å². The van der Waals surface area contributed by atoms with Gasteiger partial charge in [-0.15, -0.1) is 0 Å². The van der Waals surface area contributed by atoms with Gasteiger partial charge in [0.05, 0.1) is 0 Å². The maximum Gasteiger partial charge on any atom is 0.276 e. The van der Waals surface area contributed by atoms with Gasteiger partial charge in [-0.1, -0.05) is 17.3 Å². The predicted octanol–water partition coefficient (Wildman–Crippen LogP) is 3.57. The minimum absolute atomic E-state index is 0.0402. The van der Waals surface area contributed by atoms with E-state index in [1.54, 1.807) is 6.07 Å². The third-order valence-electron chi connectivity index (χ3n) is 5.90. The van der Waals surface area contributed by atoms with Crippen LogP contribution in [0.5, 0.6) is 5.75 Å². The summed E-state index contributed by atoms with van der Waals surface area (Å²) >= 11 is 0. The smallest absolute Gasteiger partial charge is 0.276 e. The van der Waals surface area contributed by atoms with E-state index in [1.165, 1.54) is 25.9 Å². The molecular weight excluding hydrogens is 354 g/mol. The topological polar surface area (TPSA) is 58.8 Å². The number of aromatic nitrogens is 1. The molecule has 1 aromatic carbocycles. The van der Waals surface area contributed by atoms with Crippen molar-refractivity contribution in [3.05, 3.63) is 46.8 Å². The van der Waals surface area contributed by atoms with Crippen LogP contribution < -0.4 is 4.74 Å². The average Bonchev–Trinajstić information content (AvgIpc) is 3.40. The molecule has 2 saturated heterocycles. The van der Waals surface area contributed by atoms with Crippen molar-refractivity contribution in [2.45, 2.75) is 52.2 Å². The highest BCUT2D eigenvalue weighted by atomic mass is 16.5. The lowest BCUT2D eigenvalue weighted by molar-refractivity contribution is 0.0634. The molecule has 6 heteroatoms. The van der Waals surface area contributed by atoms with E-state index in [0.717, 1.165) is 42.8 Å². The molecular formula is C22H29N3O3. The van der Waals surface area contributed by atoms with Crippen molar-refractivity contribution in [1.29, 1.82) is 0 Å². The highest BCUT2D eigenvalue weighted by Crippen LogP contribution is 2.23.